The summed E-state index contributed by atoms with van der Waals surface area (Å²) < 4.78 is 27.0. The van der Waals surface area contributed by atoms with Crippen molar-refractivity contribution in [3.63, 3.8) is 0 Å². The van der Waals surface area contributed by atoms with E-state index in [4.69, 9.17) is 0 Å². The van der Waals surface area contributed by atoms with E-state index in [0.717, 1.165) is 12.8 Å². The van der Waals surface area contributed by atoms with E-state index in [2.05, 4.69) is 5.32 Å². The first-order valence-electron chi connectivity index (χ1n) is 6.80. The lowest BCUT2D eigenvalue weighted by Crippen LogP contribution is -2.41. The number of sulfonamides is 1. The first kappa shape index (κ1) is 15.9. The van der Waals surface area contributed by atoms with Gasteiger partial charge in [0.1, 0.15) is 0 Å². The Bertz CT molecular complexity index is 645. The highest BCUT2D eigenvalue weighted by Crippen LogP contribution is 2.31. The van der Waals surface area contributed by atoms with Crippen LogP contribution in [0.4, 0.5) is 5.69 Å². The van der Waals surface area contributed by atoms with Crippen molar-refractivity contribution >= 4 is 15.7 Å². The van der Waals surface area contributed by atoms with Gasteiger partial charge in [0.25, 0.3) is 5.69 Å². The van der Waals surface area contributed by atoms with Crippen LogP contribution in [0.15, 0.2) is 23.1 Å². The summed E-state index contributed by atoms with van der Waals surface area (Å²) >= 11 is 0. The second kappa shape index (κ2) is 6.08. The SMILES string of the molecule is CNCC1CCCN1S(=O)(=O)c1cccc([N+](=O)[O-])c1C. The molecule has 0 aliphatic carbocycles. The van der Waals surface area contributed by atoms with Gasteiger partial charge in [-0.05, 0) is 32.9 Å². The summed E-state index contributed by atoms with van der Waals surface area (Å²) in [6, 6.07) is 4.08. The number of likely N-dealkylation sites (N-methyl/N-ethyl adjacent to an activating group) is 1. The molecule has 116 valence electrons. The number of benzene rings is 1. The normalized spacial score (nSPS) is 19.8. The topological polar surface area (TPSA) is 92.6 Å². The van der Waals surface area contributed by atoms with Crippen LogP contribution in [0, 0.1) is 17.0 Å². The fraction of sp³-hybridized carbons (Fsp3) is 0.538. The highest BCUT2D eigenvalue weighted by atomic mass is 32.2. The van der Waals surface area contributed by atoms with Crippen LogP contribution in [0.3, 0.4) is 0 Å². The Hall–Kier alpha value is -1.51. The number of nitrogens with zero attached hydrogens (tertiary/aromatic N) is 2. The first-order chi connectivity index (χ1) is 9.89. The van der Waals surface area contributed by atoms with Crippen LogP contribution in [0.2, 0.25) is 0 Å². The first-order valence-corrected chi connectivity index (χ1v) is 8.24. The van der Waals surface area contributed by atoms with Crippen molar-refractivity contribution in [3.8, 4) is 0 Å². The van der Waals surface area contributed by atoms with Crippen LogP contribution >= 0.6 is 0 Å². The summed E-state index contributed by atoms with van der Waals surface area (Å²) in [6.45, 7) is 2.51. The molecule has 1 saturated heterocycles. The summed E-state index contributed by atoms with van der Waals surface area (Å²) in [5.74, 6) is 0. The second-order valence-corrected chi connectivity index (χ2v) is 6.99. The smallest absolute Gasteiger partial charge is 0.273 e. The monoisotopic (exact) mass is 313 g/mol. The fourth-order valence-electron chi connectivity index (χ4n) is 2.77. The van der Waals surface area contributed by atoms with Gasteiger partial charge in [-0.3, -0.25) is 10.1 Å². The maximum absolute atomic E-state index is 12.8. The van der Waals surface area contributed by atoms with Crippen molar-refractivity contribution < 1.29 is 13.3 Å². The van der Waals surface area contributed by atoms with E-state index < -0.39 is 14.9 Å². The van der Waals surface area contributed by atoms with Crippen molar-refractivity contribution in [1.29, 1.82) is 0 Å². The van der Waals surface area contributed by atoms with Gasteiger partial charge in [-0.1, -0.05) is 6.07 Å². The number of nitrogens with one attached hydrogen (secondary N) is 1. The maximum Gasteiger partial charge on any atom is 0.273 e. The molecule has 1 aromatic rings. The average Bonchev–Trinajstić information content (AvgIpc) is 2.88. The number of hydrogen-bond acceptors (Lipinski definition) is 5. The van der Waals surface area contributed by atoms with Crippen LogP contribution in [-0.4, -0.2) is 43.8 Å². The molecule has 21 heavy (non-hydrogen) atoms. The number of rotatable bonds is 5. The summed E-state index contributed by atoms with van der Waals surface area (Å²) in [7, 11) is -1.93. The Morgan fingerprint density at radius 2 is 2.19 bits per heavy atom. The second-order valence-electron chi connectivity index (χ2n) is 5.13. The largest absolute Gasteiger partial charge is 0.318 e. The van der Waals surface area contributed by atoms with E-state index in [-0.39, 0.29) is 22.2 Å². The highest BCUT2D eigenvalue weighted by molar-refractivity contribution is 7.89. The molecular weight excluding hydrogens is 294 g/mol. The Morgan fingerprint density at radius 3 is 2.81 bits per heavy atom. The Kier molecular flexibility index (Phi) is 4.60. The van der Waals surface area contributed by atoms with Crippen molar-refractivity contribution in [2.24, 2.45) is 0 Å². The lowest BCUT2D eigenvalue weighted by Gasteiger charge is -2.24. The molecule has 0 spiro atoms. The molecule has 1 heterocycles. The van der Waals surface area contributed by atoms with E-state index in [9.17, 15) is 18.5 Å². The molecule has 0 bridgehead atoms. The standard InChI is InChI=1S/C13H19N3O4S/c1-10-12(16(17)18)6-3-7-13(10)21(19,20)15-8-4-5-11(15)9-14-2/h3,6-7,11,14H,4-5,8-9H2,1-2H3. The minimum atomic E-state index is -3.71. The molecule has 1 fully saturated rings. The summed E-state index contributed by atoms with van der Waals surface area (Å²) in [4.78, 5) is 10.5. The van der Waals surface area contributed by atoms with E-state index >= 15 is 0 Å². The zero-order valence-corrected chi connectivity index (χ0v) is 12.9. The molecule has 0 amide bonds. The molecule has 1 atom stereocenters. The number of hydrogen-bond donors (Lipinski definition) is 1. The van der Waals surface area contributed by atoms with E-state index in [1.54, 1.807) is 7.05 Å². The third-order valence-corrected chi connectivity index (χ3v) is 5.90. The summed E-state index contributed by atoms with van der Waals surface area (Å²) in [6.07, 6.45) is 1.60. The van der Waals surface area contributed by atoms with Gasteiger partial charge in [0.05, 0.1) is 9.82 Å². The molecule has 7 nitrogen and oxygen atoms in total. The van der Waals surface area contributed by atoms with Crippen LogP contribution < -0.4 is 5.32 Å². The van der Waals surface area contributed by atoms with Gasteiger partial charge in [-0.2, -0.15) is 4.31 Å². The summed E-state index contributed by atoms with van der Waals surface area (Å²) in [5.41, 5.74) is 0.0260. The quantitative estimate of drug-likeness (QED) is 0.653. The Morgan fingerprint density at radius 1 is 1.48 bits per heavy atom. The highest BCUT2D eigenvalue weighted by Gasteiger charge is 2.36. The maximum atomic E-state index is 12.8. The van der Waals surface area contributed by atoms with E-state index in [0.29, 0.717) is 13.1 Å². The van der Waals surface area contributed by atoms with Crippen molar-refractivity contribution in [1.82, 2.24) is 9.62 Å². The van der Waals surface area contributed by atoms with Crippen LogP contribution in [-0.2, 0) is 10.0 Å². The average molecular weight is 313 g/mol. The van der Waals surface area contributed by atoms with Crippen LogP contribution in [0.1, 0.15) is 18.4 Å². The zero-order valence-electron chi connectivity index (χ0n) is 12.1. The van der Waals surface area contributed by atoms with Gasteiger partial charge in [-0.25, -0.2) is 8.42 Å². The molecule has 2 rings (SSSR count). The van der Waals surface area contributed by atoms with Crippen molar-refractivity contribution in [3.05, 3.63) is 33.9 Å². The molecular formula is C13H19N3O4S. The third kappa shape index (κ3) is 2.92. The van der Waals surface area contributed by atoms with Gasteiger partial charge in [0, 0.05) is 30.8 Å². The van der Waals surface area contributed by atoms with Gasteiger partial charge in [0.15, 0.2) is 0 Å². The van der Waals surface area contributed by atoms with Gasteiger partial charge >= 0.3 is 0 Å². The minimum absolute atomic E-state index is 0.0275. The fourth-order valence-corrected chi connectivity index (χ4v) is 4.71. The van der Waals surface area contributed by atoms with Crippen LogP contribution in [0.25, 0.3) is 0 Å². The molecule has 1 unspecified atom stereocenters. The molecule has 0 radical (unpaired) electrons. The minimum Gasteiger partial charge on any atom is -0.318 e. The lowest BCUT2D eigenvalue weighted by molar-refractivity contribution is -0.385. The Balaban J connectivity index is 2.45. The van der Waals surface area contributed by atoms with E-state index in [1.807, 2.05) is 0 Å². The molecule has 1 N–H and O–H groups in total. The molecule has 1 aliphatic rings. The molecule has 8 heteroatoms. The number of nitro groups is 1. The molecule has 1 aromatic carbocycles. The van der Waals surface area contributed by atoms with Gasteiger partial charge in [-0.15, -0.1) is 0 Å². The summed E-state index contributed by atoms with van der Waals surface area (Å²) in [5, 5.41) is 14.0. The molecule has 1 aliphatic heterocycles. The van der Waals surface area contributed by atoms with Crippen molar-refractivity contribution in [2.75, 3.05) is 20.1 Å². The third-order valence-electron chi connectivity index (χ3n) is 3.80. The predicted molar refractivity (Wildman–Crippen MR) is 78.7 cm³/mol. The zero-order chi connectivity index (χ0) is 15.6. The van der Waals surface area contributed by atoms with Gasteiger partial charge in [0.2, 0.25) is 10.0 Å². The predicted octanol–water partition coefficient (Wildman–Crippen LogP) is 1.28. The van der Waals surface area contributed by atoms with Gasteiger partial charge < -0.3 is 5.32 Å². The van der Waals surface area contributed by atoms with E-state index in [1.165, 1.54) is 29.4 Å². The molecule has 0 saturated carbocycles. The lowest BCUT2D eigenvalue weighted by atomic mass is 10.2. The number of nitro benzene ring substituents is 1. The molecule has 0 aromatic heterocycles. The van der Waals surface area contributed by atoms with Crippen LogP contribution in [0.5, 0.6) is 0 Å². The Labute approximate surface area is 124 Å². The van der Waals surface area contributed by atoms with Crippen molar-refractivity contribution in [2.45, 2.75) is 30.7 Å².